The van der Waals surface area contributed by atoms with Crippen molar-refractivity contribution in [3.8, 4) is 0 Å². The normalized spacial score (nSPS) is 15.9. The molecule has 0 atom stereocenters. The molecular formula is C12H18N4O2. The molecular weight excluding hydrogens is 232 g/mol. The number of likely N-dealkylation sites (tertiary alicyclic amines) is 1. The molecule has 1 aliphatic heterocycles. The van der Waals surface area contributed by atoms with Gasteiger partial charge in [-0.1, -0.05) is 5.16 Å². The Morgan fingerprint density at radius 1 is 1.50 bits per heavy atom. The molecule has 2 rings (SSSR count). The Balaban J connectivity index is 2.12. The maximum absolute atomic E-state index is 12.4. The van der Waals surface area contributed by atoms with Crippen LogP contribution in [0.5, 0.6) is 0 Å². The second kappa shape index (κ2) is 5.20. The second-order valence-corrected chi connectivity index (χ2v) is 4.45. The van der Waals surface area contributed by atoms with Crippen LogP contribution in [-0.4, -0.2) is 44.6 Å². The molecule has 1 fully saturated rings. The van der Waals surface area contributed by atoms with Gasteiger partial charge in [-0.15, -0.1) is 0 Å². The van der Waals surface area contributed by atoms with Crippen LogP contribution < -0.4 is 0 Å². The summed E-state index contributed by atoms with van der Waals surface area (Å²) < 4.78 is 1.73. The number of hydrogen-bond acceptors (Lipinski definition) is 4. The summed E-state index contributed by atoms with van der Waals surface area (Å²) in [5.41, 5.74) is 2.26. The molecule has 1 aromatic heterocycles. The molecule has 0 bridgehead atoms. The Hall–Kier alpha value is -1.85. The number of aromatic nitrogens is 2. The van der Waals surface area contributed by atoms with E-state index >= 15 is 0 Å². The highest BCUT2D eigenvalue weighted by atomic mass is 16.4. The van der Waals surface area contributed by atoms with Gasteiger partial charge in [0.1, 0.15) is 5.69 Å². The first-order valence-corrected chi connectivity index (χ1v) is 6.19. The lowest BCUT2D eigenvalue weighted by Crippen LogP contribution is -2.39. The van der Waals surface area contributed by atoms with Gasteiger partial charge in [0.25, 0.3) is 5.91 Å². The van der Waals surface area contributed by atoms with Gasteiger partial charge in [0.15, 0.2) is 0 Å². The number of oxime groups is 1. The van der Waals surface area contributed by atoms with Crippen LogP contribution in [0, 0.1) is 6.92 Å². The van der Waals surface area contributed by atoms with Crippen molar-refractivity contribution in [1.82, 2.24) is 14.7 Å². The molecule has 18 heavy (non-hydrogen) atoms. The van der Waals surface area contributed by atoms with Crippen molar-refractivity contribution < 1.29 is 10.0 Å². The van der Waals surface area contributed by atoms with E-state index in [0.29, 0.717) is 38.2 Å². The lowest BCUT2D eigenvalue weighted by molar-refractivity contribution is 0.0741. The van der Waals surface area contributed by atoms with Crippen LogP contribution in [0.3, 0.4) is 0 Å². The lowest BCUT2D eigenvalue weighted by atomic mass is 10.1. The zero-order valence-corrected chi connectivity index (χ0v) is 10.8. The van der Waals surface area contributed by atoms with Crippen molar-refractivity contribution in [2.45, 2.75) is 33.2 Å². The molecule has 1 amide bonds. The Kier molecular flexibility index (Phi) is 3.64. The van der Waals surface area contributed by atoms with Crippen molar-refractivity contribution in [2.24, 2.45) is 5.16 Å². The first kappa shape index (κ1) is 12.6. The van der Waals surface area contributed by atoms with Crippen molar-refractivity contribution in [3.05, 3.63) is 17.5 Å². The minimum Gasteiger partial charge on any atom is -0.411 e. The molecule has 0 spiro atoms. The molecule has 0 unspecified atom stereocenters. The monoisotopic (exact) mass is 250 g/mol. The number of hydrogen-bond donors (Lipinski definition) is 1. The van der Waals surface area contributed by atoms with Gasteiger partial charge in [0, 0.05) is 32.5 Å². The van der Waals surface area contributed by atoms with E-state index in [1.807, 2.05) is 19.9 Å². The third kappa shape index (κ3) is 2.37. The molecule has 1 aliphatic rings. The fourth-order valence-electron chi connectivity index (χ4n) is 2.19. The number of nitrogens with zero attached hydrogens (tertiary/aromatic N) is 4. The Morgan fingerprint density at radius 3 is 2.72 bits per heavy atom. The Labute approximate surface area is 106 Å². The maximum atomic E-state index is 12.4. The molecule has 0 aliphatic carbocycles. The molecule has 1 aromatic rings. The van der Waals surface area contributed by atoms with Crippen molar-refractivity contribution in [2.75, 3.05) is 13.1 Å². The van der Waals surface area contributed by atoms with Crippen LogP contribution in [0.25, 0.3) is 0 Å². The summed E-state index contributed by atoms with van der Waals surface area (Å²) >= 11 is 0. The van der Waals surface area contributed by atoms with Crippen molar-refractivity contribution >= 4 is 11.6 Å². The summed E-state index contributed by atoms with van der Waals surface area (Å²) in [7, 11) is 0. The quantitative estimate of drug-likeness (QED) is 0.635. The smallest absolute Gasteiger partial charge is 0.272 e. The molecule has 6 heteroatoms. The molecule has 2 heterocycles. The van der Waals surface area contributed by atoms with E-state index in [4.69, 9.17) is 5.21 Å². The summed E-state index contributed by atoms with van der Waals surface area (Å²) in [5, 5.41) is 16.2. The van der Waals surface area contributed by atoms with E-state index in [-0.39, 0.29) is 5.91 Å². The Bertz CT molecular complexity index is 468. The van der Waals surface area contributed by atoms with Crippen LogP contribution in [0.2, 0.25) is 0 Å². The summed E-state index contributed by atoms with van der Waals surface area (Å²) in [5.74, 6) is 0.00874. The van der Waals surface area contributed by atoms with Gasteiger partial charge < -0.3 is 10.1 Å². The van der Waals surface area contributed by atoms with Gasteiger partial charge in [0.05, 0.1) is 11.4 Å². The fraction of sp³-hybridized carbons (Fsp3) is 0.583. The number of amides is 1. The van der Waals surface area contributed by atoms with E-state index in [0.717, 1.165) is 11.4 Å². The maximum Gasteiger partial charge on any atom is 0.272 e. The van der Waals surface area contributed by atoms with Crippen molar-refractivity contribution in [3.63, 3.8) is 0 Å². The molecule has 1 N–H and O–H groups in total. The average molecular weight is 250 g/mol. The Morgan fingerprint density at radius 2 is 2.17 bits per heavy atom. The molecule has 6 nitrogen and oxygen atoms in total. The molecule has 98 valence electrons. The van der Waals surface area contributed by atoms with E-state index in [1.54, 1.807) is 9.58 Å². The van der Waals surface area contributed by atoms with Gasteiger partial charge in [-0.2, -0.15) is 5.10 Å². The standard InChI is InChI=1S/C12H18N4O2/c1-3-16-11(8-9(2)13-16)12(17)15-6-4-10(14-18)5-7-15/h8,18H,3-7H2,1-2H3. The first-order valence-electron chi connectivity index (χ1n) is 6.19. The van der Waals surface area contributed by atoms with E-state index in [1.165, 1.54) is 0 Å². The SMILES string of the molecule is CCn1nc(C)cc1C(=O)N1CCC(=NO)CC1. The predicted molar refractivity (Wildman–Crippen MR) is 67.0 cm³/mol. The van der Waals surface area contributed by atoms with Gasteiger partial charge in [-0.3, -0.25) is 9.48 Å². The highest BCUT2D eigenvalue weighted by Crippen LogP contribution is 2.13. The summed E-state index contributed by atoms with van der Waals surface area (Å²) in [4.78, 5) is 14.1. The van der Waals surface area contributed by atoms with E-state index in [2.05, 4.69) is 10.3 Å². The highest BCUT2D eigenvalue weighted by molar-refractivity contribution is 5.94. The molecule has 0 aromatic carbocycles. The first-order chi connectivity index (χ1) is 8.65. The van der Waals surface area contributed by atoms with Gasteiger partial charge in [-0.05, 0) is 19.9 Å². The minimum atomic E-state index is 0.00874. The zero-order valence-electron chi connectivity index (χ0n) is 10.8. The van der Waals surface area contributed by atoms with Crippen LogP contribution in [-0.2, 0) is 6.54 Å². The van der Waals surface area contributed by atoms with Gasteiger partial charge in [-0.25, -0.2) is 0 Å². The number of carbonyl (C=O) groups excluding carboxylic acids is 1. The van der Waals surface area contributed by atoms with E-state index in [9.17, 15) is 4.79 Å². The lowest BCUT2D eigenvalue weighted by Gasteiger charge is -2.27. The zero-order chi connectivity index (χ0) is 13.1. The number of aryl methyl sites for hydroxylation is 2. The second-order valence-electron chi connectivity index (χ2n) is 4.45. The van der Waals surface area contributed by atoms with Crippen LogP contribution in [0.4, 0.5) is 0 Å². The van der Waals surface area contributed by atoms with Crippen LogP contribution in [0.1, 0.15) is 35.9 Å². The summed E-state index contributed by atoms with van der Waals surface area (Å²) in [6.45, 7) is 5.75. The number of rotatable bonds is 2. The highest BCUT2D eigenvalue weighted by Gasteiger charge is 2.24. The van der Waals surface area contributed by atoms with E-state index < -0.39 is 0 Å². The third-order valence-corrected chi connectivity index (χ3v) is 3.19. The fourth-order valence-corrected chi connectivity index (χ4v) is 2.19. The van der Waals surface area contributed by atoms with Crippen LogP contribution >= 0.6 is 0 Å². The third-order valence-electron chi connectivity index (χ3n) is 3.19. The predicted octanol–water partition coefficient (Wildman–Crippen LogP) is 1.28. The molecule has 1 saturated heterocycles. The van der Waals surface area contributed by atoms with Crippen LogP contribution in [0.15, 0.2) is 11.2 Å². The molecule has 0 saturated carbocycles. The largest absolute Gasteiger partial charge is 0.411 e. The van der Waals surface area contributed by atoms with Crippen molar-refractivity contribution in [1.29, 1.82) is 0 Å². The summed E-state index contributed by atoms with van der Waals surface area (Å²) in [6, 6.07) is 1.82. The van der Waals surface area contributed by atoms with Gasteiger partial charge in [0.2, 0.25) is 0 Å². The minimum absolute atomic E-state index is 0.00874. The number of carbonyl (C=O) groups is 1. The summed E-state index contributed by atoms with van der Waals surface area (Å²) in [6.07, 6.45) is 1.28. The average Bonchev–Trinajstić information content (AvgIpc) is 2.79. The molecule has 0 radical (unpaired) electrons. The number of piperidine rings is 1. The van der Waals surface area contributed by atoms with Gasteiger partial charge >= 0.3 is 0 Å². The topological polar surface area (TPSA) is 70.7 Å².